The molecule has 0 saturated carbocycles. The third-order valence-corrected chi connectivity index (χ3v) is 4.00. The molecule has 0 spiro atoms. The van der Waals surface area contributed by atoms with Gasteiger partial charge in [-0.25, -0.2) is 9.97 Å². The van der Waals surface area contributed by atoms with E-state index in [0.717, 1.165) is 22.6 Å². The molecule has 26 heavy (non-hydrogen) atoms. The summed E-state index contributed by atoms with van der Waals surface area (Å²) < 4.78 is 11.4. The molecule has 6 heteroatoms. The number of anilines is 1. The molecule has 2 aromatic heterocycles. The Balaban J connectivity index is 1.71. The maximum Gasteiger partial charge on any atom is 0.161 e. The zero-order valence-corrected chi connectivity index (χ0v) is 15.1. The summed E-state index contributed by atoms with van der Waals surface area (Å²) in [7, 11) is 1.64. The van der Waals surface area contributed by atoms with Gasteiger partial charge in [0.1, 0.15) is 18.8 Å². The van der Waals surface area contributed by atoms with E-state index in [1.807, 2.05) is 43.3 Å². The molecule has 1 unspecified atom stereocenters. The highest BCUT2D eigenvalue weighted by Crippen LogP contribution is 2.31. The minimum atomic E-state index is 0.0625. The first-order valence-corrected chi connectivity index (χ1v) is 8.40. The second-order valence-corrected chi connectivity index (χ2v) is 5.97. The van der Waals surface area contributed by atoms with Gasteiger partial charge in [-0.15, -0.1) is 0 Å². The number of aryl methyl sites for hydroxylation is 1. The molecule has 3 rings (SSSR count). The molecule has 0 aliphatic heterocycles. The van der Waals surface area contributed by atoms with Crippen LogP contribution in [0.2, 0.25) is 0 Å². The molecule has 1 aromatic carbocycles. The number of hydrogen-bond donors (Lipinski definition) is 1. The Morgan fingerprint density at radius 3 is 2.58 bits per heavy atom. The highest BCUT2D eigenvalue weighted by Gasteiger charge is 2.11. The van der Waals surface area contributed by atoms with Crippen molar-refractivity contribution in [1.29, 1.82) is 0 Å². The van der Waals surface area contributed by atoms with Crippen molar-refractivity contribution in [3.8, 4) is 11.5 Å². The van der Waals surface area contributed by atoms with Crippen molar-refractivity contribution in [2.75, 3.05) is 12.4 Å². The number of rotatable bonds is 7. The highest BCUT2D eigenvalue weighted by atomic mass is 16.5. The van der Waals surface area contributed by atoms with E-state index >= 15 is 0 Å². The standard InChI is InChI=1S/C20H22N4O2/c1-14-10-20(23-13-22-14)24-15(2)17-4-5-18(19(11-17)25-3)26-12-16-6-8-21-9-7-16/h4-11,13,15H,12H2,1-3H3,(H,22,23,24). The van der Waals surface area contributed by atoms with Crippen LogP contribution in [0.3, 0.4) is 0 Å². The van der Waals surface area contributed by atoms with E-state index in [4.69, 9.17) is 9.47 Å². The van der Waals surface area contributed by atoms with E-state index in [1.54, 1.807) is 25.8 Å². The van der Waals surface area contributed by atoms with E-state index in [1.165, 1.54) is 0 Å². The molecular formula is C20H22N4O2. The van der Waals surface area contributed by atoms with E-state index in [9.17, 15) is 0 Å². The minimum absolute atomic E-state index is 0.0625. The average Bonchev–Trinajstić information content (AvgIpc) is 2.67. The van der Waals surface area contributed by atoms with Gasteiger partial charge in [-0.1, -0.05) is 6.07 Å². The summed E-state index contributed by atoms with van der Waals surface area (Å²) in [6.45, 7) is 4.48. The lowest BCUT2D eigenvalue weighted by Gasteiger charge is -2.17. The number of methoxy groups -OCH3 is 1. The van der Waals surface area contributed by atoms with Crippen LogP contribution in [0.15, 0.2) is 55.1 Å². The summed E-state index contributed by atoms with van der Waals surface area (Å²) >= 11 is 0. The number of hydrogen-bond acceptors (Lipinski definition) is 6. The molecule has 0 amide bonds. The lowest BCUT2D eigenvalue weighted by molar-refractivity contribution is 0.284. The Labute approximate surface area is 153 Å². The number of benzene rings is 1. The lowest BCUT2D eigenvalue weighted by atomic mass is 10.1. The first-order valence-electron chi connectivity index (χ1n) is 8.40. The number of pyridine rings is 1. The van der Waals surface area contributed by atoms with E-state index in [-0.39, 0.29) is 6.04 Å². The van der Waals surface area contributed by atoms with Crippen molar-refractivity contribution in [1.82, 2.24) is 15.0 Å². The molecule has 0 aliphatic rings. The van der Waals surface area contributed by atoms with Crippen molar-refractivity contribution in [2.24, 2.45) is 0 Å². The fourth-order valence-electron chi connectivity index (χ4n) is 2.55. The number of nitrogens with zero attached hydrogens (tertiary/aromatic N) is 3. The van der Waals surface area contributed by atoms with Crippen LogP contribution in [0.1, 0.15) is 29.8 Å². The van der Waals surface area contributed by atoms with Gasteiger partial charge in [0.25, 0.3) is 0 Å². The summed E-state index contributed by atoms with van der Waals surface area (Å²) in [4.78, 5) is 12.4. The monoisotopic (exact) mass is 350 g/mol. The largest absolute Gasteiger partial charge is 0.493 e. The molecule has 0 radical (unpaired) electrons. The Hall–Kier alpha value is -3.15. The number of ether oxygens (including phenoxy) is 2. The molecule has 6 nitrogen and oxygen atoms in total. The number of nitrogens with one attached hydrogen (secondary N) is 1. The van der Waals surface area contributed by atoms with Crippen LogP contribution in [0.5, 0.6) is 11.5 Å². The van der Waals surface area contributed by atoms with Gasteiger partial charge < -0.3 is 14.8 Å². The van der Waals surface area contributed by atoms with Crippen LogP contribution in [0.25, 0.3) is 0 Å². The zero-order valence-electron chi connectivity index (χ0n) is 15.1. The van der Waals surface area contributed by atoms with Gasteiger partial charge >= 0.3 is 0 Å². The summed E-state index contributed by atoms with van der Waals surface area (Å²) in [5.41, 5.74) is 3.06. The smallest absolute Gasteiger partial charge is 0.161 e. The quantitative estimate of drug-likeness (QED) is 0.696. The maximum atomic E-state index is 5.89. The summed E-state index contributed by atoms with van der Waals surface area (Å²) in [6, 6.07) is 11.8. The van der Waals surface area contributed by atoms with Gasteiger partial charge in [0.05, 0.1) is 13.2 Å². The Bertz CT molecular complexity index is 855. The second kappa shape index (κ2) is 8.29. The molecule has 0 aliphatic carbocycles. The van der Waals surface area contributed by atoms with Crippen LogP contribution in [0.4, 0.5) is 5.82 Å². The normalized spacial score (nSPS) is 11.7. The third-order valence-electron chi connectivity index (χ3n) is 4.00. The first-order chi connectivity index (χ1) is 12.7. The average molecular weight is 350 g/mol. The van der Waals surface area contributed by atoms with Crippen LogP contribution in [0, 0.1) is 6.92 Å². The summed E-state index contributed by atoms with van der Waals surface area (Å²) in [6.07, 6.45) is 5.06. The van der Waals surface area contributed by atoms with E-state index < -0.39 is 0 Å². The molecular weight excluding hydrogens is 328 g/mol. The molecule has 0 saturated heterocycles. The molecule has 2 heterocycles. The zero-order chi connectivity index (χ0) is 18.4. The topological polar surface area (TPSA) is 69.2 Å². The Morgan fingerprint density at radius 2 is 1.85 bits per heavy atom. The van der Waals surface area contributed by atoms with Gasteiger partial charge in [0.2, 0.25) is 0 Å². The molecule has 0 bridgehead atoms. The Morgan fingerprint density at radius 1 is 1.04 bits per heavy atom. The van der Waals surface area contributed by atoms with Gasteiger partial charge in [-0.3, -0.25) is 4.98 Å². The fourth-order valence-corrected chi connectivity index (χ4v) is 2.55. The predicted octanol–water partition coefficient (Wildman–Crippen LogP) is 3.94. The molecule has 134 valence electrons. The van der Waals surface area contributed by atoms with Crippen LogP contribution in [-0.2, 0) is 6.61 Å². The van der Waals surface area contributed by atoms with Crippen molar-refractivity contribution in [3.05, 3.63) is 71.9 Å². The highest BCUT2D eigenvalue weighted by molar-refractivity contribution is 5.46. The summed E-state index contributed by atoms with van der Waals surface area (Å²) in [5, 5.41) is 3.37. The molecule has 3 aromatic rings. The van der Waals surface area contributed by atoms with E-state index in [2.05, 4.69) is 27.2 Å². The van der Waals surface area contributed by atoms with Gasteiger partial charge in [-0.05, 0) is 49.2 Å². The Kier molecular flexibility index (Phi) is 5.63. The first kappa shape index (κ1) is 17.7. The molecule has 1 atom stereocenters. The van der Waals surface area contributed by atoms with Gasteiger partial charge in [0, 0.05) is 24.2 Å². The minimum Gasteiger partial charge on any atom is -0.493 e. The SMILES string of the molecule is COc1cc(C(C)Nc2cc(C)ncn2)ccc1OCc1ccncc1. The van der Waals surface area contributed by atoms with Crippen LogP contribution in [-0.4, -0.2) is 22.1 Å². The van der Waals surface area contributed by atoms with Gasteiger partial charge in [-0.2, -0.15) is 0 Å². The lowest BCUT2D eigenvalue weighted by Crippen LogP contribution is -2.09. The van der Waals surface area contributed by atoms with Crippen molar-refractivity contribution < 1.29 is 9.47 Å². The second-order valence-electron chi connectivity index (χ2n) is 5.97. The summed E-state index contributed by atoms with van der Waals surface area (Å²) in [5.74, 6) is 2.20. The fraction of sp³-hybridized carbons (Fsp3) is 0.250. The number of aromatic nitrogens is 3. The van der Waals surface area contributed by atoms with Gasteiger partial charge in [0.15, 0.2) is 11.5 Å². The van der Waals surface area contributed by atoms with Crippen LogP contribution >= 0.6 is 0 Å². The van der Waals surface area contributed by atoms with Crippen molar-refractivity contribution >= 4 is 5.82 Å². The van der Waals surface area contributed by atoms with E-state index in [0.29, 0.717) is 18.1 Å². The maximum absolute atomic E-state index is 5.89. The molecule has 0 fully saturated rings. The predicted molar refractivity (Wildman–Crippen MR) is 100 cm³/mol. The third kappa shape index (κ3) is 4.47. The van der Waals surface area contributed by atoms with Crippen molar-refractivity contribution in [2.45, 2.75) is 26.5 Å². The molecule has 1 N–H and O–H groups in total. The van der Waals surface area contributed by atoms with Crippen LogP contribution < -0.4 is 14.8 Å². The van der Waals surface area contributed by atoms with Crippen molar-refractivity contribution in [3.63, 3.8) is 0 Å².